The molecule has 2 N–H and O–H groups in total. The van der Waals surface area contributed by atoms with E-state index in [1.807, 2.05) is 12.3 Å². The van der Waals surface area contributed by atoms with Crippen molar-refractivity contribution < 1.29 is 0 Å². The predicted octanol–water partition coefficient (Wildman–Crippen LogP) is 2.79. The molecule has 0 unspecified atom stereocenters. The molecule has 0 atom stereocenters. The van der Waals surface area contributed by atoms with Gasteiger partial charge < -0.3 is 5.73 Å². The lowest BCUT2D eigenvalue weighted by Crippen LogP contribution is -2.16. The van der Waals surface area contributed by atoms with E-state index in [1.54, 1.807) is 10.9 Å². The third-order valence-corrected chi connectivity index (χ3v) is 3.07. The quantitative estimate of drug-likeness (QED) is 0.928. The van der Waals surface area contributed by atoms with Crippen molar-refractivity contribution in [1.29, 1.82) is 0 Å². The fourth-order valence-electron chi connectivity index (χ4n) is 1.62. The maximum absolute atomic E-state index is 5.75. The summed E-state index contributed by atoms with van der Waals surface area (Å²) in [4.78, 5) is 4.66. The van der Waals surface area contributed by atoms with Crippen LogP contribution in [0.25, 0.3) is 5.82 Å². The Balaban J connectivity index is 2.54. The van der Waals surface area contributed by atoms with Crippen LogP contribution in [-0.4, -0.2) is 14.8 Å². The molecule has 0 saturated carbocycles. The van der Waals surface area contributed by atoms with Gasteiger partial charge in [-0.05, 0) is 33.6 Å². The van der Waals surface area contributed by atoms with Gasteiger partial charge in [0.05, 0.1) is 10.7 Å². The molecule has 2 rings (SSSR count). The van der Waals surface area contributed by atoms with Crippen LogP contribution in [-0.2, 0) is 12.0 Å². The van der Waals surface area contributed by atoms with Crippen molar-refractivity contribution in [2.24, 2.45) is 5.73 Å². The van der Waals surface area contributed by atoms with E-state index in [0.29, 0.717) is 6.54 Å². The van der Waals surface area contributed by atoms with E-state index in [4.69, 9.17) is 5.73 Å². The Morgan fingerprint density at radius 2 is 2.06 bits per heavy atom. The Labute approximate surface area is 115 Å². The average Bonchev–Trinajstić information content (AvgIpc) is 2.74. The monoisotopic (exact) mass is 308 g/mol. The van der Waals surface area contributed by atoms with E-state index in [9.17, 15) is 0 Å². The summed E-state index contributed by atoms with van der Waals surface area (Å²) in [5.41, 5.74) is 7.82. The Bertz CT molecular complexity index is 554. The zero-order valence-electron chi connectivity index (χ0n) is 10.8. The maximum atomic E-state index is 5.75. The van der Waals surface area contributed by atoms with Gasteiger partial charge in [0, 0.05) is 23.9 Å². The van der Waals surface area contributed by atoms with E-state index in [0.717, 1.165) is 21.5 Å². The number of halogens is 1. The maximum Gasteiger partial charge on any atom is 0.153 e. The second-order valence-corrected chi connectivity index (χ2v) is 6.19. The molecular formula is C13H17BrN4. The zero-order chi connectivity index (χ0) is 13.3. The number of aromatic nitrogens is 3. The SMILES string of the molecule is CC(C)(C)c1cc(CN)cc(-n2cc(Br)cn2)n1. The van der Waals surface area contributed by atoms with Crippen LogP contribution in [0.1, 0.15) is 32.0 Å². The molecule has 0 saturated heterocycles. The second-order valence-electron chi connectivity index (χ2n) is 5.28. The van der Waals surface area contributed by atoms with Crippen LogP contribution in [0.15, 0.2) is 29.0 Å². The molecule has 0 aliphatic carbocycles. The smallest absolute Gasteiger partial charge is 0.153 e. The van der Waals surface area contributed by atoms with Crippen molar-refractivity contribution in [1.82, 2.24) is 14.8 Å². The van der Waals surface area contributed by atoms with Gasteiger partial charge in [-0.15, -0.1) is 0 Å². The molecule has 0 bridgehead atoms. The Hall–Kier alpha value is -1.20. The van der Waals surface area contributed by atoms with Crippen LogP contribution in [0.3, 0.4) is 0 Å². The van der Waals surface area contributed by atoms with E-state index < -0.39 is 0 Å². The lowest BCUT2D eigenvalue weighted by Gasteiger charge is -2.19. The third kappa shape index (κ3) is 2.79. The van der Waals surface area contributed by atoms with Gasteiger partial charge in [-0.2, -0.15) is 5.10 Å². The van der Waals surface area contributed by atoms with Gasteiger partial charge in [0.15, 0.2) is 5.82 Å². The number of hydrogen-bond acceptors (Lipinski definition) is 3. The van der Waals surface area contributed by atoms with Gasteiger partial charge in [-0.25, -0.2) is 9.67 Å². The Morgan fingerprint density at radius 1 is 1.33 bits per heavy atom. The summed E-state index contributed by atoms with van der Waals surface area (Å²) in [7, 11) is 0. The summed E-state index contributed by atoms with van der Waals surface area (Å²) in [5, 5.41) is 4.25. The number of nitrogens with two attached hydrogens (primary N) is 1. The molecule has 2 heterocycles. The average molecular weight is 309 g/mol. The summed E-state index contributed by atoms with van der Waals surface area (Å²) in [5.74, 6) is 0.800. The van der Waals surface area contributed by atoms with Crippen LogP contribution in [0.5, 0.6) is 0 Å². The molecule has 4 nitrogen and oxygen atoms in total. The topological polar surface area (TPSA) is 56.7 Å². The lowest BCUT2D eigenvalue weighted by atomic mass is 9.91. The van der Waals surface area contributed by atoms with Gasteiger partial charge in [-0.1, -0.05) is 20.8 Å². The first-order valence-electron chi connectivity index (χ1n) is 5.82. The molecule has 0 aromatic carbocycles. The highest BCUT2D eigenvalue weighted by molar-refractivity contribution is 9.10. The van der Waals surface area contributed by atoms with E-state index >= 15 is 0 Å². The van der Waals surface area contributed by atoms with E-state index in [2.05, 4.69) is 52.9 Å². The predicted molar refractivity (Wildman–Crippen MR) is 75.7 cm³/mol. The molecule has 2 aromatic heterocycles. The van der Waals surface area contributed by atoms with Crippen molar-refractivity contribution in [2.45, 2.75) is 32.7 Å². The lowest BCUT2D eigenvalue weighted by molar-refractivity contribution is 0.564. The fraction of sp³-hybridized carbons (Fsp3) is 0.385. The summed E-state index contributed by atoms with van der Waals surface area (Å²) in [6, 6.07) is 4.02. The van der Waals surface area contributed by atoms with Gasteiger partial charge >= 0.3 is 0 Å². The highest BCUT2D eigenvalue weighted by atomic mass is 79.9. The van der Waals surface area contributed by atoms with E-state index in [1.165, 1.54) is 0 Å². The molecule has 18 heavy (non-hydrogen) atoms. The van der Waals surface area contributed by atoms with Crippen molar-refractivity contribution in [3.05, 3.63) is 40.3 Å². The number of nitrogens with zero attached hydrogens (tertiary/aromatic N) is 3. The second kappa shape index (κ2) is 4.82. The first-order valence-corrected chi connectivity index (χ1v) is 6.61. The molecule has 0 aliphatic rings. The number of hydrogen-bond donors (Lipinski definition) is 1. The molecule has 0 fully saturated rings. The van der Waals surface area contributed by atoms with Crippen molar-refractivity contribution in [3.63, 3.8) is 0 Å². The highest BCUT2D eigenvalue weighted by Gasteiger charge is 2.17. The number of pyridine rings is 1. The van der Waals surface area contributed by atoms with Gasteiger partial charge in [0.2, 0.25) is 0 Å². The van der Waals surface area contributed by atoms with Crippen molar-refractivity contribution in [2.75, 3.05) is 0 Å². The Morgan fingerprint density at radius 3 is 2.56 bits per heavy atom. The minimum Gasteiger partial charge on any atom is -0.326 e. The third-order valence-electron chi connectivity index (χ3n) is 2.66. The summed E-state index contributed by atoms with van der Waals surface area (Å²) in [6.45, 7) is 6.91. The minimum atomic E-state index is -0.00961. The molecular weight excluding hydrogens is 292 g/mol. The summed E-state index contributed by atoms with van der Waals surface area (Å²) < 4.78 is 2.68. The van der Waals surface area contributed by atoms with E-state index in [-0.39, 0.29) is 5.41 Å². The standard InChI is InChI=1S/C13H17BrN4/c1-13(2,3)11-4-9(6-15)5-12(17-11)18-8-10(14)7-16-18/h4-5,7-8H,6,15H2,1-3H3. The molecule has 0 spiro atoms. The summed E-state index contributed by atoms with van der Waals surface area (Å²) in [6.07, 6.45) is 3.63. The fourth-order valence-corrected chi connectivity index (χ4v) is 1.90. The van der Waals surface area contributed by atoms with Crippen LogP contribution < -0.4 is 5.73 Å². The Kier molecular flexibility index (Phi) is 3.54. The molecule has 2 aromatic rings. The molecule has 0 aliphatic heterocycles. The normalized spacial score (nSPS) is 11.8. The number of rotatable bonds is 2. The van der Waals surface area contributed by atoms with Gasteiger partial charge in [0.25, 0.3) is 0 Å². The van der Waals surface area contributed by atoms with Gasteiger partial charge in [0.1, 0.15) is 0 Å². The van der Waals surface area contributed by atoms with Crippen molar-refractivity contribution >= 4 is 15.9 Å². The minimum absolute atomic E-state index is 0.00961. The highest BCUT2D eigenvalue weighted by Crippen LogP contribution is 2.23. The molecule has 5 heteroatoms. The van der Waals surface area contributed by atoms with Crippen molar-refractivity contribution in [3.8, 4) is 5.82 Å². The van der Waals surface area contributed by atoms with Crippen LogP contribution in [0, 0.1) is 0 Å². The van der Waals surface area contributed by atoms with Crippen LogP contribution in [0.2, 0.25) is 0 Å². The largest absolute Gasteiger partial charge is 0.326 e. The first-order chi connectivity index (χ1) is 8.40. The molecule has 96 valence electrons. The molecule has 0 amide bonds. The first kappa shape index (κ1) is 13.2. The molecule has 0 radical (unpaired) electrons. The van der Waals surface area contributed by atoms with Gasteiger partial charge in [-0.3, -0.25) is 0 Å². The summed E-state index contributed by atoms with van der Waals surface area (Å²) >= 11 is 3.39. The van der Waals surface area contributed by atoms with Crippen LogP contribution >= 0.6 is 15.9 Å². The zero-order valence-corrected chi connectivity index (χ0v) is 12.4. The van der Waals surface area contributed by atoms with Crippen LogP contribution in [0.4, 0.5) is 0 Å².